The van der Waals surface area contributed by atoms with Crippen LogP contribution in [0.25, 0.3) is 0 Å². The van der Waals surface area contributed by atoms with Crippen molar-refractivity contribution in [1.82, 2.24) is 15.5 Å². The van der Waals surface area contributed by atoms with E-state index in [-0.39, 0.29) is 0 Å². The van der Waals surface area contributed by atoms with Gasteiger partial charge in [0.15, 0.2) is 5.79 Å². The molecule has 1 aliphatic heterocycles. The SMILES string of the molecule is CN(C)CCNC1=CC=NC(N)(Cc2ccccc2)N1. The molecule has 1 aromatic carbocycles. The normalized spacial score (nSPS) is 21.5. The quantitative estimate of drug-likeness (QED) is 0.706. The van der Waals surface area contributed by atoms with E-state index in [1.54, 1.807) is 6.21 Å². The van der Waals surface area contributed by atoms with Crippen molar-refractivity contribution in [3.8, 4) is 0 Å². The maximum absolute atomic E-state index is 6.31. The first-order valence-electron chi connectivity index (χ1n) is 6.82. The third-order valence-corrected chi connectivity index (χ3v) is 3.09. The smallest absolute Gasteiger partial charge is 0.187 e. The van der Waals surface area contributed by atoms with E-state index in [1.165, 1.54) is 0 Å². The fourth-order valence-corrected chi connectivity index (χ4v) is 2.07. The molecule has 1 unspecified atom stereocenters. The highest BCUT2D eigenvalue weighted by molar-refractivity contribution is 5.73. The molecule has 0 aliphatic carbocycles. The molecule has 1 heterocycles. The number of nitrogens with one attached hydrogen (secondary N) is 2. The van der Waals surface area contributed by atoms with Crippen molar-refractivity contribution in [2.45, 2.75) is 12.2 Å². The number of allylic oxidation sites excluding steroid dienone is 1. The summed E-state index contributed by atoms with van der Waals surface area (Å²) < 4.78 is 0. The molecule has 0 bridgehead atoms. The van der Waals surface area contributed by atoms with Gasteiger partial charge in [0.1, 0.15) is 5.82 Å². The Morgan fingerprint density at radius 1 is 1.30 bits per heavy atom. The zero-order valence-corrected chi connectivity index (χ0v) is 12.1. The number of nitrogens with two attached hydrogens (primary N) is 1. The van der Waals surface area contributed by atoms with Gasteiger partial charge in [-0.2, -0.15) is 0 Å². The zero-order valence-electron chi connectivity index (χ0n) is 12.1. The first kappa shape index (κ1) is 14.6. The highest BCUT2D eigenvalue weighted by atomic mass is 15.3. The van der Waals surface area contributed by atoms with Crippen LogP contribution in [-0.2, 0) is 6.42 Å². The Morgan fingerprint density at radius 3 is 2.75 bits per heavy atom. The van der Waals surface area contributed by atoms with E-state index in [2.05, 4.69) is 46.8 Å². The van der Waals surface area contributed by atoms with Crippen molar-refractivity contribution < 1.29 is 0 Å². The van der Waals surface area contributed by atoms with Gasteiger partial charge in [-0.3, -0.25) is 10.7 Å². The van der Waals surface area contributed by atoms with Crippen LogP contribution in [0, 0.1) is 0 Å². The van der Waals surface area contributed by atoms with Crippen molar-refractivity contribution in [2.24, 2.45) is 10.7 Å². The van der Waals surface area contributed by atoms with Crippen molar-refractivity contribution in [3.63, 3.8) is 0 Å². The number of benzene rings is 1. The lowest BCUT2D eigenvalue weighted by atomic mass is 10.1. The number of nitrogens with zero attached hydrogens (tertiary/aromatic N) is 2. The first-order chi connectivity index (χ1) is 9.57. The fourth-order valence-electron chi connectivity index (χ4n) is 2.07. The topological polar surface area (TPSA) is 65.7 Å². The van der Waals surface area contributed by atoms with Gasteiger partial charge in [0.2, 0.25) is 0 Å². The highest BCUT2D eigenvalue weighted by Gasteiger charge is 2.26. The van der Waals surface area contributed by atoms with E-state index < -0.39 is 5.79 Å². The van der Waals surface area contributed by atoms with Crippen molar-refractivity contribution in [1.29, 1.82) is 0 Å². The van der Waals surface area contributed by atoms with Gasteiger partial charge in [0.05, 0.1) is 0 Å². The predicted molar refractivity (Wildman–Crippen MR) is 83.3 cm³/mol. The average Bonchev–Trinajstić information content (AvgIpc) is 2.39. The van der Waals surface area contributed by atoms with E-state index in [9.17, 15) is 0 Å². The molecule has 1 aromatic rings. The molecule has 0 aromatic heterocycles. The second-order valence-electron chi connectivity index (χ2n) is 5.30. The predicted octanol–water partition coefficient (Wildman–Crippen LogP) is 0.508. The number of hydrogen-bond acceptors (Lipinski definition) is 5. The molecule has 0 saturated carbocycles. The van der Waals surface area contributed by atoms with E-state index >= 15 is 0 Å². The molecular weight excluding hydrogens is 250 g/mol. The summed E-state index contributed by atoms with van der Waals surface area (Å²) in [5, 5.41) is 6.59. The number of hydrogen-bond donors (Lipinski definition) is 3. The van der Waals surface area contributed by atoms with Gasteiger partial charge in [-0.1, -0.05) is 30.3 Å². The average molecular weight is 273 g/mol. The lowest BCUT2D eigenvalue weighted by molar-refractivity contribution is 0.356. The molecule has 4 N–H and O–H groups in total. The molecule has 0 amide bonds. The summed E-state index contributed by atoms with van der Waals surface area (Å²) >= 11 is 0. The van der Waals surface area contributed by atoms with E-state index in [4.69, 9.17) is 5.73 Å². The van der Waals surface area contributed by atoms with Crippen LogP contribution in [0.2, 0.25) is 0 Å². The lowest BCUT2D eigenvalue weighted by Gasteiger charge is -2.31. The standard InChI is InChI=1S/C15H23N5/c1-20(2)11-10-17-14-8-9-18-15(16,19-14)12-13-6-4-3-5-7-13/h3-9,17,19H,10-12,16H2,1-2H3. The van der Waals surface area contributed by atoms with Gasteiger partial charge < -0.3 is 15.5 Å². The maximum atomic E-state index is 6.31. The van der Waals surface area contributed by atoms with Crippen LogP contribution in [0.15, 0.2) is 47.2 Å². The van der Waals surface area contributed by atoms with Crippen LogP contribution in [0.4, 0.5) is 0 Å². The maximum Gasteiger partial charge on any atom is 0.187 e. The highest BCUT2D eigenvalue weighted by Crippen LogP contribution is 2.13. The Kier molecular flexibility index (Phi) is 4.76. The molecule has 108 valence electrons. The molecule has 0 radical (unpaired) electrons. The summed E-state index contributed by atoms with van der Waals surface area (Å²) in [6.07, 6.45) is 4.32. The molecule has 5 heteroatoms. The Hall–Kier alpha value is -1.85. The van der Waals surface area contributed by atoms with Gasteiger partial charge in [0.25, 0.3) is 0 Å². The summed E-state index contributed by atoms with van der Waals surface area (Å²) in [6.45, 7) is 1.83. The Bertz CT molecular complexity index is 480. The van der Waals surface area contributed by atoms with Crippen LogP contribution in [0.5, 0.6) is 0 Å². The molecule has 2 rings (SSSR count). The summed E-state index contributed by atoms with van der Waals surface area (Å²) in [4.78, 5) is 6.49. The van der Waals surface area contributed by atoms with Crippen molar-refractivity contribution in [2.75, 3.05) is 27.2 Å². The van der Waals surface area contributed by atoms with Gasteiger partial charge in [-0.15, -0.1) is 0 Å². The van der Waals surface area contributed by atoms with Crippen LogP contribution in [-0.4, -0.2) is 44.1 Å². The molecule has 0 saturated heterocycles. The number of likely N-dealkylation sites (N-methyl/N-ethyl adjacent to an activating group) is 1. The van der Waals surface area contributed by atoms with Crippen LogP contribution in [0.3, 0.4) is 0 Å². The van der Waals surface area contributed by atoms with E-state index in [1.807, 2.05) is 24.3 Å². The summed E-state index contributed by atoms with van der Waals surface area (Å²) in [5.74, 6) is 0.136. The number of rotatable bonds is 6. The fraction of sp³-hybridized carbons (Fsp3) is 0.400. The third-order valence-electron chi connectivity index (χ3n) is 3.09. The second-order valence-corrected chi connectivity index (χ2v) is 5.30. The number of aliphatic imine (C=N–C) groups is 1. The summed E-state index contributed by atoms with van der Waals surface area (Å²) in [5.41, 5.74) is 7.47. The van der Waals surface area contributed by atoms with Gasteiger partial charge in [-0.05, 0) is 25.7 Å². The minimum atomic E-state index is -0.781. The van der Waals surface area contributed by atoms with Gasteiger partial charge in [0, 0.05) is 25.7 Å². The summed E-state index contributed by atoms with van der Waals surface area (Å²) in [6, 6.07) is 10.1. The Labute approximate surface area is 120 Å². The Balaban J connectivity index is 1.91. The molecule has 20 heavy (non-hydrogen) atoms. The molecule has 0 fully saturated rings. The van der Waals surface area contributed by atoms with Crippen molar-refractivity contribution in [3.05, 3.63) is 47.8 Å². The van der Waals surface area contributed by atoms with E-state index in [0.717, 1.165) is 24.5 Å². The Morgan fingerprint density at radius 2 is 2.05 bits per heavy atom. The summed E-state index contributed by atoms with van der Waals surface area (Å²) in [7, 11) is 4.10. The van der Waals surface area contributed by atoms with Gasteiger partial charge in [-0.25, -0.2) is 0 Å². The van der Waals surface area contributed by atoms with Crippen molar-refractivity contribution >= 4 is 6.21 Å². The zero-order chi connectivity index (χ0) is 14.4. The molecule has 5 nitrogen and oxygen atoms in total. The van der Waals surface area contributed by atoms with Crippen LogP contribution >= 0.6 is 0 Å². The largest absolute Gasteiger partial charge is 0.370 e. The molecular formula is C15H23N5. The molecule has 1 aliphatic rings. The minimum absolute atomic E-state index is 0.650. The van der Waals surface area contributed by atoms with Gasteiger partial charge >= 0.3 is 0 Å². The first-order valence-corrected chi connectivity index (χ1v) is 6.82. The van der Waals surface area contributed by atoms with Crippen LogP contribution in [0.1, 0.15) is 5.56 Å². The third kappa shape index (κ3) is 4.36. The minimum Gasteiger partial charge on any atom is -0.370 e. The monoisotopic (exact) mass is 273 g/mol. The lowest BCUT2D eigenvalue weighted by Crippen LogP contribution is -2.56. The molecule has 0 spiro atoms. The second kappa shape index (κ2) is 6.54. The van der Waals surface area contributed by atoms with Crippen LogP contribution < -0.4 is 16.4 Å². The van der Waals surface area contributed by atoms with E-state index in [0.29, 0.717) is 6.42 Å². The molecule has 1 atom stereocenters.